The second kappa shape index (κ2) is 5.49. The summed E-state index contributed by atoms with van der Waals surface area (Å²) in [5, 5.41) is 3.49. The predicted molar refractivity (Wildman–Crippen MR) is 92.4 cm³/mol. The maximum atomic E-state index is 4.84. The molecule has 1 aliphatic heterocycles. The zero-order chi connectivity index (χ0) is 14.8. The Labute approximate surface area is 130 Å². The highest BCUT2D eigenvalue weighted by Gasteiger charge is 2.09. The summed E-state index contributed by atoms with van der Waals surface area (Å²) in [6.45, 7) is 0.733. The van der Waals surface area contributed by atoms with Crippen molar-refractivity contribution in [2.45, 2.75) is 6.54 Å². The Hall–Kier alpha value is -2.87. The van der Waals surface area contributed by atoms with Crippen molar-refractivity contribution < 1.29 is 0 Å². The zero-order valence-corrected chi connectivity index (χ0v) is 12.2. The second-order valence-electron chi connectivity index (χ2n) is 5.37. The van der Waals surface area contributed by atoms with Crippen molar-refractivity contribution in [3.63, 3.8) is 0 Å². The molecular weight excluding hydrogens is 268 g/mol. The summed E-state index contributed by atoms with van der Waals surface area (Å²) in [7, 11) is 0. The van der Waals surface area contributed by atoms with Crippen LogP contribution in [0.4, 0.5) is 5.69 Å². The Balaban J connectivity index is 1.76. The van der Waals surface area contributed by atoms with Gasteiger partial charge in [-0.1, -0.05) is 66.7 Å². The van der Waals surface area contributed by atoms with Gasteiger partial charge in [0.25, 0.3) is 0 Å². The summed E-state index contributed by atoms with van der Waals surface area (Å²) in [6, 6.07) is 22.9. The van der Waals surface area contributed by atoms with Crippen LogP contribution in [0.25, 0.3) is 23.4 Å². The molecule has 0 bridgehead atoms. The molecule has 0 saturated carbocycles. The van der Waals surface area contributed by atoms with Crippen molar-refractivity contribution in [1.82, 2.24) is 4.98 Å². The Bertz CT molecular complexity index is 835. The van der Waals surface area contributed by atoms with Crippen LogP contribution in [0.5, 0.6) is 0 Å². The number of benzene rings is 2. The van der Waals surface area contributed by atoms with E-state index in [2.05, 4.69) is 66.0 Å². The first-order valence-electron chi connectivity index (χ1n) is 7.46. The molecule has 4 rings (SSSR count). The number of hydrogen-bond acceptors (Lipinski definition) is 2. The van der Waals surface area contributed by atoms with E-state index in [1.165, 1.54) is 11.1 Å². The third-order valence-electron chi connectivity index (χ3n) is 3.93. The molecule has 2 heteroatoms. The molecule has 0 fully saturated rings. The molecular formula is C20H16N2. The van der Waals surface area contributed by atoms with E-state index < -0.39 is 0 Å². The molecule has 0 spiro atoms. The summed E-state index contributed by atoms with van der Waals surface area (Å²) in [5.41, 5.74) is 6.77. The third kappa shape index (κ3) is 2.40. The van der Waals surface area contributed by atoms with Gasteiger partial charge in [0.2, 0.25) is 0 Å². The molecule has 0 radical (unpaired) electrons. The standard InChI is InChI=1S/C20H16N2/c1-2-6-15(7-3-1)19-13-12-17-11-10-16-8-4-5-9-18(16)21-14-20(17)22-19/h1-13,21H,14H2. The van der Waals surface area contributed by atoms with Gasteiger partial charge in [-0.05, 0) is 23.3 Å². The van der Waals surface area contributed by atoms with Crippen LogP contribution in [0.2, 0.25) is 0 Å². The molecule has 0 aliphatic carbocycles. The number of para-hydroxylation sites is 1. The molecule has 2 nitrogen and oxygen atoms in total. The van der Waals surface area contributed by atoms with Gasteiger partial charge < -0.3 is 5.32 Å². The van der Waals surface area contributed by atoms with Gasteiger partial charge in [0, 0.05) is 11.3 Å². The molecule has 1 aromatic heterocycles. The van der Waals surface area contributed by atoms with E-state index in [1.54, 1.807) is 0 Å². The van der Waals surface area contributed by atoms with Crippen molar-refractivity contribution in [1.29, 1.82) is 0 Å². The van der Waals surface area contributed by atoms with Crippen molar-refractivity contribution >= 4 is 17.8 Å². The molecule has 1 N–H and O–H groups in total. The van der Waals surface area contributed by atoms with Crippen molar-refractivity contribution in [3.05, 3.63) is 83.6 Å². The molecule has 0 saturated heterocycles. The summed E-state index contributed by atoms with van der Waals surface area (Å²) in [4.78, 5) is 4.84. The van der Waals surface area contributed by atoms with E-state index in [0.717, 1.165) is 29.2 Å². The summed E-state index contributed by atoms with van der Waals surface area (Å²) in [5.74, 6) is 0. The minimum Gasteiger partial charge on any atom is -0.379 e. The van der Waals surface area contributed by atoms with E-state index in [1.807, 2.05) is 18.2 Å². The molecule has 2 heterocycles. The fourth-order valence-corrected chi connectivity index (χ4v) is 2.74. The van der Waals surface area contributed by atoms with Gasteiger partial charge in [-0.2, -0.15) is 0 Å². The van der Waals surface area contributed by atoms with Gasteiger partial charge in [0.15, 0.2) is 0 Å². The highest BCUT2D eigenvalue weighted by Crippen LogP contribution is 2.25. The number of nitrogens with zero attached hydrogens (tertiary/aromatic N) is 1. The fourth-order valence-electron chi connectivity index (χ4n) is 2.74. The number of aromatic nitrogens is 1. The van der Waals surface area contributed by atoms with E-state index in [0.29, 0.717) is 0 Å². The average molecular weight is 284 g/mol. The largest absolute Gasteiger partial charge is 0.379 e. The number of anilines is 1. The number of hydrogen-bond donors (Lipinski definition) is 1. The fraction of sp³-hybridized carbons (Fsp3) is 0.0500. The summed E-state index contributed by atoms with van der Waals surface area (Å²) in [6.07, 6.45) is 4.29. The lowest BCUT2D eigenvalue weighted by Crippen LogP contribution is -2.07. The Kier molecular flexibility index (Phi) is 3.20. The second-order valence-corrected chi connectivity index (χ2v) is 5.37. The monoisotopic (exact) mass is 284 g/mol. The number of nitrogens with one attached hydrogen (secondary N) is 1. The van der Waals surface area contributed by atoms with Gasteiger partial charge in [-0.3, -0.25) is 4.98 Å². The molecule has 3 aromatic rings. The predicted octanol–water partition coefficient (Wildman–Crippen LogP) is 4.84. The maximum absolute atomic E-state index is 4.84. The van der Waals surface area contributed by atoms with Crippen LogP contribution in [0, 0.1) is 0 Å². The van der Waals surface area contributed by atoms with E-state index in [9.17, 15) is 0 Å². The molecule has 0 atom stereocenters. The molecule has 0 amide bonds. The first kappa shape index (κ1) is 12.8. The summed E-state index contributed by atoms with van der Waals surface area (Å²) < 4.78 is 0. The van der Waals surface area contributed by atoms with E-state index in [-0.39, 0.29) is 0 Å². The number of pyridine rings is 1. The van der Waals surface area contributed by atoms with Crippen LogP contribution in [0.3, 0.4) is 0 Å². The SMILES string of the molecule is C1=Cc2ccc(-c3ccccc3)nc2CNc2ccccc21. The summed E-state index contributed by atoms with van der Waals surface area (Å²) >= 11 is 0. The highest BCUT2D eigenvalue weighted by molar-refractivity contribution is 5.79. The van der Waals surface area contributed by atoms with Crippen LogP contribution >= 0.6 is 0 Å². The molecule has 1 aliphatic rings. The normalized spacial score (nSPS) is 12.5. The lowest BCUT2D eigenvalue weighted by atomic mass is 10.0. The van der Waals surface area contributed by atoms with Gasteiger partial charge in [-0.15, -0.1) is 0 Å². The topological polar surface area (TPSA) is 24.9 Å². The maximum Gasteiger partial charge on any atom is 0.0706 e. The first-order chi connectivity index (χ1) is 10.9. The van der Waals surface area contributed by atoms with Crippen LogP contribution < -0.4 is 5.32 Å². The van der Waals surface area contributed by atoms with Crippen molar-refractivity contribution in [2.75, 3.05) is 5.32 Å². The molecule has 0 unspecified atom stereocenters. The van der Waals surface area contributed by atoms with Gasteiger partial charge >= 0.3 is 0 Å². The van der Waals surface area contributed by atoms with Crippen molar-refractivity contribution in [2.24, 2.45) is 0 Å². The van der Waals surface area contributed by atoms with Gasteiger partial charge in [0.05, 0.1) is 17.9 Å². The molecule has 22 heavy (non-hydrogen) atoms. The zero-order valence-electron chi connectivity index (χ0n) is 12.2. The Morgan fingerprint density at radius 3 is 2.41 bits per heavy atom. The first-order valence-corrected chi connectivity index (χ1v) is 7.46. The molecule has 2 aromatic carbocycles. The van der Waals surface area contributed by atoms with E-state index in [4.69, 9.17) is 4.98 Å². The quantitative estimate of drug-likeness (QED) is 0.691. The number of fused-ring (bicyclic) bond motifs is 2. The average Bonchev–Trinajstić information content (AvgIpc) is 2.58. The Morgan fingerprint density at radius 2 is 1.50 bits per heavy atom. The minimum atomic E-state index is 0.733. The van der Waals surface area contributed by atoms with Crippen LogP contribution in [-0.2, 0) is 6.54 Å². The van der Waals surface area contributed by atoms with Gasteiger partial charge in [-0.25, -0.2) is 0 Å². The van der Waals surface area contributed by atoms with Crippen molar-refractivity contribution in [3.8, 4) is 11.3 Å². The third-order valence-corrected chi connectivity index (χ3v) is 3.93. The number of rotatable bonds is 1. The lowest BCUT2D eigenvalue weighted by Gasteiger charge is -2.15. The highest BCUT2D eigenvalue weighted by atomic mass is 14.9. The van der Waals surface area contributed by atoms with Crippen LogP contribution in [0.1, 0.15) is 16.8 Å². The lowest BCUT2D eigenvalue weighted by molar-refractivity contribution is 1.04. The molecule has 106 valence electrons. The Morgan fingerprint density at radius 1 is 0.727 bits per heavy atom. The van der Waals surface area contributed by atoms with Gasteiger partial charge in [0.1, 0.15) is 0 Å². The minimum absolute atomic E-state index is 0.733. The van der Waals surface area contributed by atoms with E-state index >= 15 is 0 Å². The smallest absolute Gasteiger partial charge is 0.0706 e. The van der Waals surface area contributed by atoms with Crippen LogP contribution in [0.15, 0.2) is 66.7 Å². The van der Waals surface area contributed by atoms with Crippen LogP contribution in [-0.4, -0.2) is 4.98 Å².